The quantitative estimate of drug-likeness (QED) is 0.567. The average Bonchev–Trinajstić information content (AvgIpc) is 2.21. The SMILES string of the molecule is COC(CNC(=O)CNCC(F)(F)F)CC(=O)O. The third-order valence-corrected chi connectivity index (χ3v) is 1.87. The van der Waals surface area contributed by atoms with Crippen LogP contribution in [-0.4, -0.2) is 56.0 Å². The summed E-state index contributed by atoms with van der Waals surface area (Å²) in [7, 11) is 1.28. The Balaban J connectivity index is 3.78. The van der Waals surface area contributed by atoms with Gasteiger partial charge in [-0.1, -0.05) is 0 Å². The van der Waals surface area contributed by atoms with Crippen molar-refractivity contribution in [2.75, 3.05) is 26.7 Å². The molecule has 0 fully saturated rings. The van der Waals surface area contributed by atoms with Crippen molar-refractivity contribution in [3.05, 3.63) is 0 Å². The van der Waals surface area contributed by atoms with Gasteiger partial charge in [0, 0.05) is 13.7 Å². The monoisotopic (exact) mass is 272 g/mol. The molecule has 18 heavy (non-hydrogen) atoms. The maximum absolute atomic E-state index is 11.7. The lowest BCUT2D eigenvalue weighted by Gasteiger charge is -2.14. The maximum atomic E-state index is 11.7. The van der Waals surface area contributed by atoms with E-state index in [9.17, 15) is 22.8 Å². The van der Waals surface area contributed by atoms with Crippen molar-refractivity contribution in [3.63, 3.8) is 0 Å². The number of carboxylic acids is 1. The van der Waals surface area contributed by atoms with E-state index >= 15 is 0 Å². The molecular formula is C9H15F3N2O4. The van der Waals surface area contributed by atoms with Crippen molar-refractivity contribution in [2.24, 2.45) is 0 Å². The van der Waals surface area contributed by atoms with Crippen LogP contribution in [0.3, 0.4) is 0 Å². The van der Waals surface area contributed by atoms with Gasteiger partial charge in [-0.25, -0.2) is 0 Å². The Hall–Kier alpha value is -1.35. The molecule has 0 spiro atoms. The molecule has 0 saturated carbocycles. The lowest BCUT2D eigenvalue weighted by atomic mass is 10.2. The molecule has 0 radical (unpaired) electrons. The number of halogens is 3. The van der Waals surface area contributed by atoms with E-state index in [1.165, 1.54) is 7.11 Å². The number of hydrogen-bond donors (Lipinski definition) is 3. The number of nitrogens with one attached hydrogen (secondary N) is 2. The first-order chi connectivity index (χ1) is 8.24. The predicted octanol–water partition coefficient (Wildman–Crippen LogP) is -0.256. The van der Waals surface area contributed by atoms with E-state index in [0.29, 0.717) is 0 Å². The van der Waals surface area contributed by atoms with Crippen LogP contribution in [-0.2, 0) is 14.3 Å². The molecule has 0 bridgehead atoms. The number of hydrogen-bond acceptors (Lipinski definition) is 4. The van der Waals surface area contributed by atoms with E-state index in [1.54, 1.807) is 0 Å². The molecular weight excluding hydrogens is 257 g/mol. The van der Waals surface area contributed by atoms with Gasteiger partial charge < -0.3 is 20.5 Å². The van der Waals surface area contributed by atoms with Crippen LogP contribution in [0.15, 0.2) is 0 Å². The van der Waals surface area contributed by atoms with Crippen LogP contribution < -0.4 is 10.6 Å². The molecule has 0 aromatic rings. The van der Waals surface area contributed by atoms with Crippen LogP contribution in [0.1, 0.15) is 6.42 Å². The van der Waals surface area contributed by atoms with Crippen molar-refractivity contribution in [1.82, 2.24) is 10.6 Å². The molecule has 3 N–H and O–H groups in total. The first-order valence-electron chi connectivity index (χ1n) is 5.03. The molecule has 1 unspecified atom stereocenters. The summed E-state index contributed by atoms with van der Waals surface area (Å²) >= 11 is 0. The minimum Gasteiger partial charge on any atom is -0.481 e. The van der Waals surface area contributed by atoms with Crippen molar-refractivity contribution in [3.8, 4) is 0 Å². The summed E-state index contributed by atoms with van der Waals surface area (Å²) in [6.07, 6.45) is -5.39. The van der Waals surface area contributed by atoms with Crippen molar-refractivity contribution in [2.45, 2.75) is 18.7 Å². The Labute approximate surface area is 101 Å². The number of methoxy groups -OCH3 is 1. The van der Waals surface area contributed by atoms with Gasteiger partial charge in [-0.3, -0.25) is 9.59 Å². The summed E-state index contributed by atoms with van der Waals surface area (Å²) < 4.78 is 40.0. The van der Waals surface area contributed by atoms with Crippen molar-refractivity contribution < 1.29 is 32.6 Å². The number of rotatable bonds is 8. The smallest absolute Gasteiger partial charge is 0.401 e. The predicted molar refractivity (Wildman–Crippen MR) is 55.0 cm³/mol. The Kier molecular flexibility index (Phi) is 7.29. The third kappa shape index (κ3) is 9.85. The van der Waals surface area contributed by atoms with Crippen LogP contribution in [0.25, 0.3) is 0 Å². The van der Waals surface area contributed by atoms with Crippen molar-refractivity contribution >= 4 is 11.9 Å². The zero-order valence-corrected chi connectivity index (χ0v) is 9.71. The standard InChI is InChI=1S/C9H15F3N2O4/c1-18-6(2-8(16)17)3-14-7(15)4-13-5-9(10,11)12/h6,13H,2-5H2,1H3,(H,14,15)(H,16,17). The average molecular weight is 272 g/mol. The maximum Gasteiger partial charge on any atom is 0.401 e. The van der Waals surface area contributed by atoms with E-state index < -0.39 is 37.2 Å². The van der Waals surface area contributed by atoms with Crippen LogP contribution in [0, 0.1) is 0 Å². The van der Waals surface area contributed by atoms with Gasteiger partial charge in [-0.05, 0) is 0 Å². The molecule has 0 aliphatic carbocycles. The summed E-state index contributed by atoms with van der Waals surface area (Å²) in [5.74, 6) is -1.75. The highest BCUT2D eigenvalue weighted by Crippen LogP contribution is 2.11. The molecule has 0 aliphatic heterocycles. The summed E-state index contributed by atoms with van der Waals surface area (Å²) in [5, 5.41) is 12.7. The second-order valence-corrected chi connectivity index (χ2v) is 3.48. The van der Waals surface area contributed by atoms with Gasteiger partial charge in [0.2, 0.25) is 5.91 Å². The minimum atomic E-state index is -4.38. The lowest BCUT2D eigenvalue weighted by molar-refractivity contribution is -0.140. The molecule has 1 amide bonds. The van der Waals surface area contributed by atoms with Gasteiger partial charge in [0.25, 0.3) is 0 Å². The van der Waals surface area contributed by atoms with Gasteiger partial charge in [-0.15, -0.1) is 0 Å². The van der Waals surface area contributed by atoms with Crippen LogP contribution in [0.2, 0.25) is 0 Å². The van der Waals surface area contributed by atoms with Gasteiger partial charge in [0.05, 0.1) is 25.6 Å². The minimum absolute atomic E-state index is 0.0741. The highest BCUT2D eigenvalue weighted by Gasteiger charge is 2.26. The van der Waals surface area contributed by atoms with E-state index in [4.69, 9.17) is 9.84 Å². The Morgan fingerprint density at radius 2 is 2.00 bits per heavy atom. The number of carbonyl (C=O) groups is 2. The Morgan fingerprint density at radius 3 is 2.44 bits per heavy atom. The fourth-order valence-corrected chi connectivity index (χ4v) is 1.04. The fraction of sp³-hybridized carbons (Fsp3) is 0.778. The first kappa shape index (κ1) is 16.6. The van der Waals surface area contributed by atoms with Gasteiger partial charge in [-0.2, -0.15) is 13.2 Å². The normalized spacial score (nSPS) is 13.1. The largest absolute Gasteiger partial charge is 0.481 e. The molecule has 106 valence electrons. The van der Waals surface area contributed by atoms with Gasteiger partial charge in [0.15, 0.2) is 0 Å². The molecule has 1 atom stereocenters. The molecule has 0 aliphatic rings. The first-order valence-corrected chi connectivity index (χ1v) is 5.03. The number of carboxylic acid groups (broad SMARTS) is 1. The van der Waals surface area contributed by atoms with Gasteiger partial charge >= 0.3 is 12.1 Å². The van der Waals surface area contributed by atoms with Crippen LogP contribution in [0.5, 0.6) is 0 Å². The van der Waals surface area contributed by atoms with E-state index in [1.807, 2.05) is 5.32 Å². The molecule has 6 nitrogen and oxygen atoms in total. The van der Waals surface area contributed by atoms with Gasteiger partial charge in [0.1, 0.15) is 0 Å². The van der Waals surface area contributed by atoms with E-state index in [-0.39, 0.29) is 13.0 Å². The number of aliphatic carboxylic acids is 1. The summed E-state index contributed by atoms with van der Waals surface area (Å²) in [6, 6.07) is 0. The number of carbonyl (C=O) groups excluding carboxylic acids is 1. The molecule has 0 aromatic carbocycles. The Morgan fingerprint density at radius 1 is 1.39 bits per heavy atom. The zero-order chi connectivity index (χ0) is 14.2. The highest BCUT2D eigenvalue weighted by atomic mass is 19.4. The highest BCUT2D eigenvalue weighted by molar-refractivity contribution is 5.78. The number of amides is 1. The summed E-state index contributed by atoms with van der Waals surface area (Å²) in [4.78, 5) is 21.5. The molecule has 9 heteroatoms. The summed E-state index contributed by atoms with van der Waals surface area (Å²) in [6.45, 7) is -1.83. The molecule has 0 saturated heterocycles. The third-order valence-electron chi connectivity index (χ3n) is 1.87. The topological polar surface area (TPSA) is 87.7 Å². The number of ether oxygens (including phenoxy) is 1. The lowest BCUT2D eigenvalue weighted by Crippen LogP contribution is -2.41. The van der Waals surface area contributed by atoms with Crippen molar-refractivity contribution in [1.29, 1.82) is 0 Å². The summed E-state index contributed by atoms with van der Waals surface area (Å²) in [5.41, 5.74) is 0. The fourth-order valence-electron chi connectivity index (χ4n) is 1.04. The molecule has 0 rings (SSSR count). The van der Waals surface area contributed by atoms with E-state index in [0.717, 1.165) is 0 Å². The molecule has 0 heterocycles. The second kappa shape index (κ2) is 7.88. The molecule has 0 aromatic heterocycles. The number of alkyl halides is 3. The van der Waals surface area contributed by atoms with Crippen LogP contribution in [0.4, 0.5) is 13.2 Å². The zero-order valence-electron chi connectivity index (χ0n) is 9.71. The second-order valence-electron chi connectivity index (χ2n) is 3.48. The van der Waals surface area contributed by atoms with E-state index in [2.05, 4.69) is 5.32 Å². The van der Waals surface area contributed by atoms with Crippen LogP contribution >= 0.6 is 0 Å². The Bertz CT molecular complexity index is 283.